The Hall–Kier alpha value is -5.57. The number of ether oxygens (including phenoxy) is 1. The number of rotatable bonds is 4. The van der Waals surface area contributed by atoms with Gasteiger partial charge in [0.2, 0.25) is 0 Å². The van der Waals surface area contributed by atoms with Crippen LogP contribution in [0.25, 0.3) is 32.8 Å². The van der Waals surface area contributed by atoms with Gasteiger partial charge in [-0.3, -0.25) is 14.3 Å². The molecule has 0 saturated carbocycles. The van der Waals surface area contributed by atoms with Crippen LogP contribution in [-0.2, 0) is 4.74 Å². The summed E-state index contributed by atoms with van der Waals surface area (Å²) in [6.07, 6.45) is 1.38. The van der Waals surface area contributed by atoms with Gasteiger partial charge in [0, 0.05) is 22.1 Å². The van der Waals surface area contributed by atoms with Crippen LogP contribution >= 0.6 is 0 Å². The zero-order valence-electron chi connectivity index (χ0n) is 20.7. The fourth-order valence-corrected chi connectivity index (χ4v) is 4.59. The number of nitrogens with zero attached hydrogens (tertiary/aromatic N) is 3. The van der Waals surface area contributed by atoms with Crippen molar-refractivity contribution in [2.45, 2.75) is 0 Å². The number of anilines is 2. The van der Waals surface area contributed by atoms with E-state index in [2.05, 4.69) is 20.6 Å². The van der Waals surface area contributed by atoms with Crippen molar-refractivity contribution in [1.29, 1.82) is 0 Å². The molecular weight excluding hydrogens is 494 g/mol. The maximum absolute atomic E-state index is 13.6. The second-order valence-corrected chi connectivity index (χ2v) is 8.79. The van der Waals surface area contributed by atoms with Gasteiger partial charge in [-0.1, -0.05) is 48.5 Å². The van der Waals surface area contributed by atoms with Gasteiger partial charge in [-0.2, -0.15) is 0 Å². The number of benzene rings is 4. The Morgan fingerprint density at radius 2 is 1.33 bits per heavy atom. The number of para-hydroxylation sites is 4. The van der Waals surface area contributed by atoms with E-state index < -0.39 is 17.9 Å². The zero-order chi connectivity index (χ0) is 26.9. The number of hydrogen-bond acceptors (Lipinski definition) is 6. The lowest BCUT2D eigenvalue weighted by atomic mass is 10.1. The van der Waals surface area contributed by atoms with Crippen LogP contribution in [0.15, 0.2) is 97.2 Å². The lowest BCUT2D eigenvalue weighted by Crippen LogP contribution is -2.20. The van der Waals surface area contributed by atoms with Gasteiger partial charge >= 0.3 is 12.0 Å². The summed E-state index contributed by atoms with van der Waals surface area (Å²) in [5.41, 5.74) is 3.54. The van der Waals surface area contributed by atoms with E-state index in [1.165, 1.54) is 25.4 Å². The largest absolute Gasteiger partial charge is 0.465 e. The average molecular weight is 516 g/mol. The molecule has 0 bridgehead atoms. The third-order valence-corrected chi connectivity index (χ3v) is 6.33. The summed E-state index contributed by atoms with van der Waals surface area (Å²) in [4.78, 5) is 47.6. The molecule has 2 N–H and O–H groups in total. The second-order valence-electron chi connectivity index (χ2n) is 8.79. The Balaban J connectivity index is 1.35. The maximum atomic E-state index is 13.6. The number of esters is 1. The van der Waals surface area contributed by atoms with E-state index in [4.69, 9.17) is 4.74 Å². The number of carbonyl (C=O) groups excluding carboxylic acids is 3. The first kappa shape index (κ1) is 23.8. The van der Waals surface area contributed by atoms with Crippen LogP contribution < -0.4 is 10.6 Å². The number of aromatic nitrogens is 3. The number of hydrogen-bond donors (Lipinski definition) is 2. The van der Waals surface area contributed by atoms with Crippen LogP contribution in [-0.4, -0.2) is 39.6 Å². The van der Waals surface area contributed by atoms with Gasteiger partial charge in [0.25, 0.3) is 5.91 Å². The Morgan fingerprint density at radius 1 is 0.744 bits per heavy atom. The van der Waals surface area contributed by atoms with Gasteiger partial charge in [0.1, 0.15) is 5.69 Å². The van der Waals surface area contributed by atoms with Crippen molar-refractivity contribution in [2.24, 2.45) is 0 Å². The molecule has 0 fully saturated rings. The lowest BCUT2D eigenvalue weighted by Gasteiger charge is -2.13. The average Bonchev–Trinajstić information content (AvgIpc) is 3.31. The summed E-state index contributed by atoms with van der Waals surface area (Å²) < 4.78 is 6.47. The molecule has 190 valence electrons. The van der Waals surface area contributed by atoms with E-state index in [-0.39, 0.29) is 16.9 Å². The normalized spacial score (nSPS) is 11.0. The third kappa shape index (κ3) is 4.42. The van der Waals surface area contributed by atoms with Crippen molar-refractivity contribution in [2.75, 3.05) is 17.7 Å². The molecule has 9 heteroatoms. The molecule has 2 amide bonds. The van der Waals surface area contributed by atoms with Crippen LogP contribution in [0.5, 0.6) is 0 Å². The molecule has 0 atom stereocenters. The van der Waals surface area contributed by atoms with E-state index >= 15 is 0 Å². The third-order valence-electron chi connectivity index (χ3n) is 6.33. The van der Waals surface area contributed by atoms with E-state index in [0.29, 0.717) is 16.7 Å². The summed E-state index contributed by atoms with van der Waals surface area (Å²) in [5.74, 6) is -1.14. The first-order chi connectivity index (χ1) is 19.0. The molecule has 0 aliphatic carbocycles. The molecule has 9 nitrogen and oxygen atoms in total. The van der Waals surface area contributed by atoms with E-state index in [0.717, 1.165) is 21.8 Å². The lowest BCUT2D eigenvalue weighted by molar-refractivity contribution is 0.0600. The molecule has 6 rings (SSSR count). The molecule has 0 spiro atoms. The Bertz CT molecular complexity index is 1870. The van der Waals surface area contributed by atoms with Crippen molar-refractivity contribution in [3.05, 3.63) is 108 Å². The standard InChI is InChI=1S/C30H21N5O4/c1-39-29(37)18-14-19(32-28(36)25-17-31-23-10-4-5-11-24(23)34-25)16-20(15-18)33-30(38)35-26-12-6-2-8-21(26)22-9-3-7-13-27(22)35/h2-17H,1H3,(H,32,36)(H,33,38). The van der Waals surface area contributed by atoms with Crippen molar-refractivity contribution in [3.63, 3.8) is 0 Å². The molecule has 0 radical (unpaired) electrons. The Morgan fingerprint density at radius 3 is 2.00 bits per heavy atom. The summed E-state index contributed by atoms with van der Waals surface area (Å²) in [6.45, 7) is 0. The van der Waals surface area contributed by atoms with E-state index in [1.807, 2.05) is 60.7 Å². The highest BCUT2D eigenvalue weighted by Gasteiger charge is 2.18. The summed E-state index contributed by atoms with van der Waals surface area (Å²) >= 11 is 0. The van der Waals surface area contributed by atoms with Crippen LogP contribution in [0, 0.1) is 0 Å². The predicted molar refractivity (Wildman–Crippen MR) is 149 cm³/mol. The van der Waals surface area contributed by atoms with Crippen LogP contribution in [0.1, 0.15) is 20.8 Å². The number of amides is 2. The minimum Gasteiger partial charge on any atom is -0.465 e. The molecular formula is C30H21N5O4. The maximum Gasteiger partial charge on any atom is 0.337 e. The van der Waals surface area contributed by atoms with E-state index in [9.17, 15) is 14.4 Å². The van der Waals surface area contributed by atoms with Gasteiger partial charge in [-0.15, -0.1) is 0 Å². The second kappa shape index (κ2) is 9.71. The highest BCUT2D eigenvalue weighted by molar-refractivity contribution is 6.15. The molecule has 6 aromatic rings. The van der Waals surface area contributed by atoms with Crippen LogP contribution in [0.3, 0.4) is 0 Å². The molecule has 0 unspecified atom stereocenters. The Kier molecular flexibility index (Phi) is 5.93. The molecule has 4 aromatic carbocycles. The fourth-order valence-electron chi connectivity index (χ4n) is 4.59. The minimum absolute atomic E-state index is 0.105. The summed E-state index contributed by atoms with van der Waals surface area (Å²) in [7, 11) is 1.26. The molecule has 2 aromatic heterocycles. The first-order valence-corrected chi connectivity index (χ1v) is 12.1. The molecule has 0 aliphatic rings. The molecule has 39 heavy (non-hydrogen) atoms. The van der Waals surface area contributed by atoms with Crippen molar-refractivity contribution >= 4 is 62.1 Å². The van der Waals surface area contributed by atoms with Crippen molar-refractivity contribution < 1.29 is 19.1 Å². The van der Waals surface area contributed by atoms with Crippen LogP contribution in [0.2, 0.25) is 0 Å². The van der Waals surface area contributed by atoms with Gasteiger partial charge in [-0.25, -0.2) is 14.6 Å². The predicted octanol–water partition coefficient (Wildman–Crippen LogP) is 5.86. The number of methoxy groups -OCH3 is 1. The number of nitrogens with one attached hydrogen (secondary N) is 2. The smallest absolute Gasteiger partial charge is 0.337 e. The zero-order valence-corrected chi connectivity index (χ0v) is 20.7. The monoisotopic (exact) mass is 515 g/mol. The van der Waals surface area contributed by atoms with Gasteiger partial charge < -0.3 is 15.4 Å². The van der Waals surface area contributed by atoms with E-state index in [1.54, 1.807) is 22.8 Å². The topological polar surface area (TPSA) is 115 Å². The highest BCUT2D eigenvalue weighted by Crippen LogP contribution is 2.29. The van der Waals surface area contributed by atoms with Gasteiger partial charge in [-0.05, 0) is 42.5 Å². The minimum atomic E-state index is -0.621. The van der Waals surface area contributed by atoms with Gasteiger partial charge in [0.05, 0.1) is 40.9 Å². The van der Waals surface area contributed by atoms with Crippen molar-refractivity contribution in [1.82, 2.24) is 14.5 Å². The summed E-state index contributed by atoms with van der Waals surface area (Å²) in [5, 5.41) is 7.49. The molecule has 0 saturated heterocycles. The first-order valence-electron chi connectivity index (χ1n) is 12.1. The fraction of sp³-hybridized carbons (Fsp3) is 0.0333. The summed E-state index contributed by atoms with van der Waals surface area (Å²) in [6, 6.07) is 26.5. The molecule has 0 aliphatic heterocycles. The highest BCUT2D eigenvalue weighted by atomic mass is 16.5. The quantitative estimate of drug-likeness (QED) is 0.284. The Labute approximate surface area is 222 Å². The van der Waals surface area contributed by atoms with Gasteiger partial charge in [0.15, 0.2) is 0 Å². The molecule has 2 heterocycles. The number of carbonyl (C=O) groups is 3. The van der Waals surface area contributed by atoms with Crippen molar-refractivity contribution in [3.8, 4) is 0 Å². The van der Waals surface area contributed by atoms with Crippen LogP contribution in [0.4, 0.5) is 16.2 Å². The SMILES string of the molecule is COC(=O)c1cc(NC(=O)c2cnc3ccccc3n2)cc(NC(=O)n2c3ccccc3c3ccccc32)c1. The number of fused-ring (bicyclic) bond motifs is 4.